The van der Waals surface area contributed by atoms with Gasteiger partial charge in [0, 0.05) is 35.6 Å². The van der Waals surface area contributed by atoms with E-state index in [1.165, 1.54) is 0 Å². The van der Waals surface area contributed by atoms with Crippen molar-refractivity contribution >= 4 is 23.2 Å². The summed E-state index contributed by atoms with van der Waals surface area (Å²) < 4.78 is 39.5. The number of benzene rings is 1. The van der Waals surface area contributed by atoms with E-state index in [0.717, 1.165) is 38.5 Å². The van der Waals surface area contributed by atoms with Crippen LogP contribution in [0.2, 0.25) is 0 Å². The van der Waals surface area contributed by atoms with Gasteiger partial charge in [0.1, 0.15) is 30.8 Å². The molecule has 1 aromatic carbocycles. The fourth-order valence-corrected chi connectivity index (χ4v) is 4.71. The third kappa shape index (κ3) is 2.18. The van der Waals surface area contributed by atoms with E-state index in [4.69, 9.17) is 15.2 Å². The second-order valence-electron chi connectivity index (χ2n) is 7.94. The predicted octanol–water partition coefficient (Wildman–Crippen LogP) is 2.57. The Bertz CT molecular complexity index is 1140. The number of anilines is 2. The Kier molecular flexibility index (Phi) is 3.43. The standard InChI is InChI=1S/C20H19F2N5O3/c1-8-17(23)10-4-9-15(10)11(24-8)5-13-16(9)19-25-14(6-26(19)2-3-29-13)27-12(18(21)22)7-30-20(27)28/h5-6,8,12,18,24H,2-4,7,23H2,1H3/t8-,12-/m0/s1. The van der Waals surface area contributed by atoms with Crippen LogP contribution in [0.4, 0.5) is 25.1 Å². The van der Waals surface area contributed by atoms with Crippen LogP contribution < -0.4 is 20.7 Å². The van der Waals surface area contributed by atoms with Gasteiger partial charge in [-0.3, -0.25) is 0 Å². The molecule has 6 rings (SSSR count). The van der Waals surface area contributed by atoms with Crippen LogP contribution in [0.1, 0.15) is 18.1 Å². The summed E-state index contributed by atoms with van der Waals surface area (Å²) in [6, 6.07) is 0.653. The van der Waals surface area contributed by atoms with Crippen LogP contribution in [0.15, 0.2) is 18.0 Å². The lowest BCUT2D eigenvalue weighted by atomic mass is 9.74. The van der Waals surface area contributed by atoms with E-state index < -0.39 is 18.6 Å². The van der Waals surface area contributed by atoms with Crippen LogP contribution in [0.25, 0.3) is 17.0 Å². The number of alkyl halides is 2. The summed E-state index contributed by atoms with van der Waals surface area (Å²) >= 11 is 0. The average molecular weight is 415 g/mol. The molecule has 4 aliphatic rings. The molecule has 0 radical (unpaired) electrons. The summed E-state index contributed by atoms with van der Waals surface area (Å²) in [5, 5.41) is 3.41. The SMILES string of the molecule is C[C@@H]1Nc2cc3c(c4c2C(=C1N)C4)-c1nc(N2C(=O)OC[C@H]2C(F)F)cn1CCO3. The highest BCUT2D eigenvalue weighted by atomic mass is 19.3. The lowest BCUT2D eigenvalue weighted by Crippen LogP contribution is -2.38. The summed E-state index contributed by atoms with van der Waals surface area (Å²) in [6.45, 7) is 2.55. The van der Waals surface area contributed by atoms with Crippen molar-refractivity contribution in [2.45, 2.75) is 38.4 Å². The molecule has 4 heterocycles. The maximum atomic E-state index is 13.4. The Labute approximate surface area is 170 Å². The fourth-order valence-electron chi connectivity index (χ4n) is 4.71. The van der Waals surface area contributed by atoms with Crippen molar-refractivity contribution in [1.29, 1.82) is 0 Å². The molecule has 1 fully saturated rings. The number of imidazole rings is 1. The number of nitrogens with two attached hydrogens (primary N) is 1. The molecule has 0 unspecified atom stereocenters. The molecule has 1 amide bonds. The van der Waals surface area contributed by atoms with Gasteiger partial charge >= 0.3 is 6.09 Å². The molecule has 1 saturated heterocycles. The Hall–Kier alpha value is -3.30. The zero-order chi connectivity index (χ0) is 20.7. The first kappa shape index (κ1) is 17.5. The molecule has 8 nitrogen and oxygen atoms in total. The van der Waals surface area contributed by atoms with Gasteiger partial charge in [0.15, 0.2) is 5.82 Å². The Morgan fingerprint density at radius 1 is 1.33 bits per heavy atom. The maximum Gasteiger partial charge on any atom is 0.416 e. The van der Waals surface area contributed by atoms with Gasteiger partial charge in [-0.25, -0.2) is 23.5 Å². The van der Waals surface area contributed by atoms with Gasteiger partial charge in [0.2, 0.25) is 0 Å². The third-order valence-corrected chi connectivity index (χ3v) is 6.26. The molecule has 156 valence electrons. The second-order valence-corrected chi connectivity index (χ2v) is 7.94. The zero-order valence-corrected chi connectivity index (χ0v) is 16.1. The van der Waals surface area contributed by atoms with E-state index in [9.17, 15) is 13.6 Å². The molecule has 30 heavy (non-hydrogen) atoms. The number of halogens is 2. The normalized spacial score (nSPS) is 23.7. The summed E-state index contributed by atoms with van der Waals surface area (Å²) in [6.07, 6.45) is -1.22. The molecule has 10 heteroatoms. The first-order valence-electron chi connectivity index (χ1n) is 9.83. The minimum atomic E-state index is -2.72. The molecule has 3 aliphatic heterocycles. The maximum absolute atomic E-state index is 13.4. The Morgan fingerprint density at radius 3 is 2.97 bits per heavy atom. The Balaban J connectivity index is 1.50. The molecular formula is C20H19F2N5O3. The number of fused-ring (bicyclic) bond motifs is 4. The van der Waals surface area contributed by atoms with E-state index >= 15 is 0 Å². The van der Waals surface area contributed by atoms with Crippen LogP contribution in [-0.4, -0.2) is 47.4 Å². The van der Waals surface area contributed by atoms with Gasteiger partial charge in [-0.05, 0) is 18.1 Å². The Morgan fingerprint density at radius 2 is 2.17 bits per heavy atom. The van der Waals surface area contributed by atoms with Crippen LogP contribution in [-0.2, 0) is 17.7 Å². The summed E-state index contributed by atoms with van der Waals surface area (Å²) in [5.74, 6) is 1.45. The van der Waals surface area contributed by atoms with E-state index in [-0.39, 0.29) is 18.5 Å². The van der Waals surface area contributed by atoms with Crippen molar-refractivity contribution in [3.05, 3.63) is 29.1 Å². The lowest BCUT2D eigenvalue weighted by molar-refractivity contribution is 0.104. The third-order valence-electron chi connectivity index (χ3n) is 6.26. The predicted molar refractivity (Wildman–Crippen MR) is 105 cm³/mol. The average Bonchev–Trinajstić information content (AvgIpc) is 3.21. The van der Waals surface area contributed by atoms with Crippen molar-refractivity contribution in [1.82, 2.24) is 9.55 Å². The highest BCUT2D eigenvalue weighted by molar-refractivity contribution is 5.98. The number of nitrogens with zero attached hydrogens (tertiary/aromatic N) is 3. The number of carbonyl (C=O) groups is 1. The van der Waals surface area contributed by atoms with Gasteiger partial charge in [0.05, 0.1) is 18.2 Å². The van der Waals surface area contributed by atoms with E-state index in [1.54, 1.807) is 6.20 Å². The van der Waals surface area contributed by atoms with Crippen LogP contribution in [0.5, 0.6) is 5.75 Å². The largest absolute Gasteiger partial charge is 0.491 e. The quantitative estimate of drug-likeness (QED) is 0.783. The van der Waals surface area contributed by atoms with Crippen LogP contribution >= 0.6 is 0 Å². The number of hydrogen-bond acceptors (Lipinski definition) is 6. The lowest BCUT2D eigenvalue weighted by Gasteiger charge is -2.37. The number of ether oxygens (including phenoxy) is 2. The van der Waals surface area contributed by atoms with Gasteiger partial charge < -0.3 is 25.1 Å². The van der Waals surface area contributed by atoms with Gasteiger partial charge in [0.25, 0.3) is 6.43 Å². The number of hydrogen-bond donors (Lipinski definition) is 2. The monoisotopic (exact) mass is 415 g/mol. The molecule has 0 spiro atoms. The number of carbonyl (C=O) groups excluding carboxylic acids is 1. The summed E-state index contributed by atoms with van der Waals surface area (Å²) in [4.78, 5) is 17.7. The van der Waals surface area contributed by atoms with E-state index in [0.29, 0.717) is 31.1 Å². The van der Waals surface area contributed by atoms with Gasteiger partial charge in [-0.1, -0.05) is 0 Å². The highest BCUT2D eigenvalue weighted by Gasteiger charge is 2.43. The zero-order valence-electron chi connectivity index (χ0n) is 16.1. The first-order valence-corrected chi connectivity index (χ1v) is 9.83. The molecule has 0 saturated carbocycles. The molecule has 3 N–H and O–H groups in total. The minimum absolute atomic E-state index is 0.0468. The summed E-state index contributed by atoms with van der Waals surface area (Å²) in [7, 11) is 0. The number of cyclic esters (lactones) is 1. The minimum Gasteiger partial charge on any atom is -0.491 e. The summed E-state index contributed by atoms with van der Waals surface area (Å²) in [5.41, 5.74) is 12.2. The number of amides is 1. The smallest absolute Gasteiger partial charge is 0.416 e. The topological polar surface area (TPSA) is 94.6 Å². The van der Waals surface area contributed by atoms with Crippen molar-refractivity contribution in [2.24, 2.45) is 5.73 Å². The molecule has 0 bridgehead atoms. The molecule has 1 aliphatic carbocycles. The van der Waals surface area contributed by atoms with Crippen LogP contribution in [0.3, 0.4) is 0 Å². The van der Waals surface area contributed by atoms with E-state index in [2.05, 4.69) is 10.3 Å². The fraction of sp³-hybridized carbons (Fsp3) is 0.400. The van der Waals surface area contributed by atoms with Crippen LogP contribution in [0, 0.1) is 0 Å². The van der Waals surface area contributed by atoms with Crippen molar-refractivity contribution in [3.8, 4) is 17.1 Å². The molecule has 2 atom stereocenters. The number of rotatable bonds is 2. The first-order chi connectivity index (χ1) is 14.4. The van der Waals surface area contributed by atoms with Crippen molar-refractivity contribution in [3.63, 3.8) is 0 Å². The van der Waals surface area contributed by atoms with Gasteiger partial charge in [-0.15, -0.1) is 0 Å². The van der Waals surface area contributed by atoms with Crippen molar-refractivity contribution in [2.75, 3.05) is 23.4 Å². The number of allylic oxidation sites excluding steroid dienone is 1. The molecular weight excluding hydrogens is 396 g/mol. The number of aromatic nitrogens is 2. The molecule has 1 aromatic heterocycles. The molecule has 2 aromatic rings. The second kappa shape index (κ2) is 5.87. The van der Waals surface area contributed by atoms with Crippen molar-refractivity contribution < 1.29 is 23.0 Å². The number of nitrogens with one attached hydrogen (secondary N) is 1. The van der Waals surface area contributed by atoms with E-state index in [1.807, 2.05) is 17.6 Å². The highest BCUT2D eigenvalue weighted by Crippen LogP contribution is 2.53. The van der Waals surface area contributed by atoms with Gasteiger partial charge in [-0.2, -0.15) is 0 Å².